The summed E-state index contributed by atoms with van der Waals surface area (Å²) in [6.07, 6.45) is 4.59. The van der Waals surface area contributed by atoms with Gasteiger partial charge in [-0.05, 0) is 54.4 Å². The van der Waals surface area contributed by atoms with Crippen LogP contribution in [0.1, 0.15) is 22.5 Å². The van der Waals surface area contributed by atoms with Crippen molar-refractivity contribution in [1.29, 1.82) is 0 Å². The van der Waals surface area contributed by atoms with Gasteiger partial charge in [0, 0.05) is 55.1 Å². The molecular weight excluding hydrogens is 414 g/mol. The van der Waals surface area contributed by atoms with Crippen molar-refractivity contribution in [2.45, 2.75) is 13.0 Å². The highest BCUT2D eigenvalue weighted by Gasteiger charge is 2.21. The van der Waals surface area contributed by atoms with Crippen LogP contribution < -0.4 is 4.74 Å². The number of carbonyl (C=O) groups excluding carboxylic acids is 1. The largest absolute Gasteiger partial charge is 0.497 e. The molecule has 1 fully saturated rings. The molecule has 4 aromatic rings. The topological polar surface area (TPSA) is 58.8 Å². The Bertz CT molecular complexity index is 1250. The maximum Gasteiger partial charge on any atom is 0.254 e. The van der Waals surface area contributed by atoms with E-state index >= 15 is 0 Å². The van der Waals surface area contributed by atoms with Gasteiger partial charge in [-0.2, -0.15) is 0 Å². The maximum absolute atomic E-state index is 13.0. The lowest BCUT2D eigenvalue weighted by atomic mass is 10.1. The molecule has 0 bridgehead atoms. The monoisotopic (exact) mass is 441 g/mol. The molecule has 6 nitrogen and oxygen atoms in total. The highest BCUT2D eigenvalue weighted by molar-refractivity contribution is 5.94. The van der Waals surface area contributed by atoms with Gasteiger partial charge in [-0.15, -0.1) is 0 Å². The third-order valence-corrected chi connectivity index (χ3v) is 6.13. The van der Waals surface area contributed by atoms with E-state index in [-0.39, 0.29) is 5.91 Å². The Kier molecular flexibility index (Phi) is 6.09. The van der Waals surface area contributed by atoms with Gasteiger partial charge in [0.25, 0.3) is 5.91 Å². The minimum atomic E-state index is 0.0578. The van der Waals surface area contributed by atoms with E-state index in [0.717, 1.165) is 60.5 Å². The Morgan fingerprint density at radius 3 is 2.79 bits per heavy atom. The molecule has 0 saturated carbocycles. The quantitative estimate of drug-likeness (QED) is 0.443. The number of nitrogens with zero attached hydrogens (tertiary/aromatic N) is 3. The lowest BCUT2D eigenvalue weighted by Gasteiger charge is -2.21. The summed E-state index contributed by atoms with van der Waals surface area (Å²) in [4.78, 5) is 21.5. The molecule has 1 saturated heterocycles. The van der Waals surface area contributed by atoms with Gasteiger partial charge < -0.3 is 14.1 Å². The van der Waals surface area contributed by atoms with Gasteiger partial charge in [0.1, 0.15) is 17.1 Å². The van der Waals surface area contributed by atoms with Gasteiger partial charge in [-0.3, -0.25) is 14.7 Å². The van der Waals surface area contributed by atoms with E-state index in [1.807, 2.05) is 41.4 Å². The van der Waals surface area contributed by atoms with Crippen LogP contribution in [-0.2, 0) is 6.54 Å². The standard InChI is InChI=1S/C27H27N3O3/c1-32-24-7-2-5-21(16-24)27(31)30-12-4-11-29(13-14-30)19-25-17-23-15-20(8-9-26(23)33-25)22-6-3-10-28-18-22/h2-3,5-10,15-18H,4,11-14,19H2,1H3. The van der Waals surface area contributed by atoms with E-state index < -0.39 is 0 Å². The Balaban J connectivity index is 1.25. The highest BCUT2D eigenvalue weighted by Crippen LogP contribution is 2.27. The number of ether oxygens (including phenoxy) is 1. The van der Waals surface area contributed by atoms with Crippen LogP contribution in [0, 0.1) is 0 Å². The first-order valence-electron chi connectivity index (χ1n) is 11.3. The first kappa shape index (κ1) is 21.2. The predicted octanol–water partition coefficient (Wildman–Crippen LogP) is 4.85. The fraction of sp³-hybridized carbons (Fsp3) is 0.259. The molecule has 0 radical (unpaired) electrons. The van der Waals surface area contributed by atoms with Crippen LogP contribution >= 0.6 is 0 Å². The fourth-order valence-corrected chi connectivity index (χ4v) is 4.38. The number of rotatable bonds is 5. The van der Waals surface area contributed by atoms with Crippen molar-refractivity contribution in [1.82, 2.24) is 14.8 Å². The van der Waals surface area contributed by atoms with Crippen LogP contribution in [0.5, 0.6) is 5.75 Å². The van der Waals surface area contributed by atoms with E-state index in [9.17, 15) is 4.79 Å². The van der Waals surface area contributed by atoms with Crippen molar-refractivity contribution in [3.8, 4) is 16.9 Å². The molecule has 1 amide bonds. The Labute approximate surface area is 193 Å². The Morgan fingerprint density at radius 2 is 1.94 bits per heavy atom. The summed E-state index contributed by atoms with van der Waals surface area (Å²) in [6, 6.07) is 19.7. The molecule has 2 aromatic carbocycles. The van der Waals surface area contributed by atoms with Crippen molar-refractivity contribution in [3.63, 3.8) is 0 Å². The highest BCUT2D eigenvalue weighted by atomic mass is 16.5. The van der Waals surface area contributed by atoms with Crippen molar-refractivity contribution in [2.75, 3.05) is 33.3 Å². The molecule has 2 aromatic heterocycles. The summed E-state index contributed by atoms with van der Waals surface area (Å²) in [5.41, 5.74) is 3.78. The molecule has 1 aliphatic heterocycles. The number of hydrogen-bond donors (Lipinski definition) is 0. The summed E-state index contributed by atoms with van der Waals surface area (Å²) in [5.74, 6) is 1.71. The minimum Gasteiger partial charge on any atom is -0.497 e. The first-order chi connectivity index (χ1) is 16.2. The molecule has 5 rings (SSSR count). The van der Waals surface area contributed by atoms with Gasteiger partial charge in [0.2, 0.25) is 0 Å². The molecular formula is C27H27N3O3. The van der Waals surface area contributed by atoms with Gasteiger partial charge in [-0.1, -0.05) is 18.2 Å². The summed E-state index contributed by atoms with van der Waals surface area (Å²) in [7, 11) is 1.62. The van der Waals surface area contributed by atoms with E-state index in [4.69, 9.17) is 9.15 Å². The zero-order valence-corrected chi connectivity index (χ0v) is 18.7. The average Bonchev–Trinajstić information content (AvgIpc) is 3.12. The molecule has 0 unspecified atom stereocenters. The Hall–Kier alpha value is -3.64. The lowest BCUT2D eigenvalue weighted by molar-refractivity contribution is 0.0760. The summed E-state index contributed by atoms with van der Waals surface area (Å²) in [6.45, 7) is 3.92. The SMILES string of the molecule is COc1cccc(C(=O)N2CCCN(Cc3cc4cc(-c5cccnc5)ccc4o3)CC2)c1. The lowest BCUT2D eigenvalue weighted by Crippen LogP contribution is -2.35. The molecule has 0 spiro atoms. The van der Waals surface area contributed by atoms with E-state index in [0.29, 0.717) is 17.9 Å². The van der Waals surface area contributed by atoms with Crippen LogP contribution in [0.4, 0.5) is 0 Å². The molecule has 0 aliphatic carbocycles. The molecule has 168 valence electrons. The van der Waals surface area contributed by atoms with Gasteiger partial charge >= 0.3 is 0 Å². The second-order valence-corrected chi connectivity index (χ2v) is 8.36. The van der Waals surface area contributed by atoms with Crippen molar-refractivity contribution in [3.05, 3.63) is 84.4 Å². The Morgan fingerprint density at radius 1 is 1.00 bits per heavy atom. The summed E-state index contributed by atoms with van der Waals surface area (Å²) >= 11 is 0. The minimum absolute atomic E-state index is 0.0578. The number of furan rings is 1. The van der Waals surface area contributed by atoms with Gasteiger partial charge in [0.15, 0.2) is 0 Å². The van der Waals surface area contributed by atoms with Crippen LogP contribution in [0.2, 0.25) is 0 Å². The summed E-state index contributed by atoms with van der Waals surface area (Å²) < 4.78 is 11.4. The van der Waals surface area contributed by atoms with Crippen molar-refractivity contribution >= 4 is 16.9 Å². The van der Waals surface area contributed by atoms with E-state index in [2.05, 4.69) is 34.1 Å². The number of methoxy groups -OCH3 is 1. The molecule has 0 atom stereocenters. The molecule has 3 heterocycles. The third kappa shape index (κ3) is 4.76. The number of fused-ring (bicyclic) bond motifs is 1. The van der Waals surface area contributed by atoms with Crippen LogP contribution in [0.25, 0.3) is 22.1 Å². The fourth-order valence-electron chi connectivity index (χ4n) is 4.38. The van der Waals surface area contributed by atoms with Crippen LogP contribution in [0.15, 0.2) is 77.5 Å². The third-order valence-electron chi connectivity index (χ3n) is 6.13. The number of amides is 1. The molecule has 1 aliphatic rings. The maximum atomic E-state index is 13.0. The van der Waals surface area contributed by atoms with Crippen LogP contribution in [0.3, 0.4) is 0 Å². The van der Waals surface area contributed by atoms with Gasteiger partial charge in [-0.25, -0.2) is 0 Å². The predicted molar refractivity (Wildman–Crippen MR) is 128 cm³/mol. The zero-order chi connectivity index (χ0) is 22.6. The van der Waals surface area contributed by atoms with Crippen LogP contribution in [-0.4, -0.2) is 54.0 Å². The number of pyridine rings is 1. The number of benzene rings is 2. The number of aromatic nitrogens is 1. The number of carbonyl (C=O) groups is 1. The van der Waals surface area contributed by atoms with Gasteiger partial charge in [0.05, 0.1) is 13.7 Å². The van der Waals surface area contributed by atoms with E-state index in [1.54, 1.807) is 19.4 Å². The van der Waals surface area contributed by atoms with Crippen molar-refractivity contribution in [2.24, 2.45) is 0 Å². The summed E-state index contributed by atoms with van der Waals surface area (Å²) in [5, 5.41) is 1.09. The zero-order valence-electron chi connectivity index (χ0n) is 18.7. The first-order valence-corrected chi connectivity index (χ1v) is 11.3. The molecule has 6 heteroatoms. The molecule has 0 N–H and O–H groups in total. The smallest absolute Gasteiger partial charge is 0.254 e. The van der Waals surface area contributed by atoms with Crippen molar-refractivity contribution < 1.29 is 13.9 Å². The molecule has 33 heavy (non-hydrogen) atoms. The average molecular weight is 442 g/mol. The number of hydrogen-bond acceptors (Lipinski definition) is 5. The second kappa shape index (κ2) is 9.46. The second-order valence-electron chi connectivity index (χ2n) is 8.36. The normalized spacial score (nSPS) is 14.9. The van der Waals surface area contributed by atoms with E-state index in [1.165, 1.54) is 0 Å².